The fourth-order valence-electron chi connectivity index (χ4n) is 2.23. The van der Waals surface area contributed by atoms with E-state index in [4.69, 9.17) is 4.74 Å². The molecule has 2 amide bonds. The van der Waals surface area contributed by atoms with Crippen molar-refractivity contribution in [2.24, 2.45) is 0 Å². The van der Waals surface area contributed by atoms with Crippen LogP contribution in [0.25, 0.3) is 10.2 Å². The number of thioether (sulfide) groups is 1. The molecular weight excluding hydrogens is 384 g/mol. The monoisotopic (exact) mass is 400 g/mol. The van der Waals surface area contributed by atoms with Crippen LogP contribution in [0.5, 0.6) is 0 Å². The second-order valence-electron chi connectivity index (χ2n) is 5.49. The highest BCUT2D eigenvalue weighted by Gasteiger charge is 2.13. The van der Waals surface area contributed by atoms with E-state index in [1.165, 1.54) is 23.1 Å². The Labute approximate surface area is 163 Å². The Morgan fingerprint density at radius 3 is 2.70 bits per heavy atom. The Bertz CT molecular complexity index is 957. The first kappa shape index (κ1) is 19.1. The molecule has 27 heavy (non-hydrogen) atoms. The largest absolute Gasteiger partial charge is 0.452 e. The third-order valence-corrected chi connectivity index (χ3v) is 5.33. The van der Waals surface area contributed by atoms with Crippen molar-refractivity contribution in [2.45, 2.75) is 11.3 Å². The summed E-state index contributed by atoms with van der Waals surface area (Å²) in [7, 11) is 0. The minimum atomic E-state index is -0.642. The molecule has 0 spiro atoms. The van der Waals surface area contributed by atoms with E-state index in [-0.39, 0.29) is 6.42 Å². The van der Waals surface area contributed by atoms with E-state index < -0.39 is 24.4 Å². The third-order valence-electron chi connectivity index (χ3n) is 3.52. The highest BCUT2D eigenvalue weighted by Crippen LogP contribution is 2.19. The molecule has 0 aliphatic carbocycles. The van der Waals surface area contributed by atoms with Gasteiger partial charge in [-0.1, -0.05) is 18.2 Å². The molecule has 3 aromatic rings. The molecule has 0 bridgehead atoms. The Balaban J connectivity index is 1.39. The molecule has 8 heteroatoms. The van der Waals surface area contributed by atoms with Crippen LogP contribution < -0.4 is 5.32 Å². The fourth-order valence-corrected chi connectivity index (χ4v) is 3.82. The van der Waals surface area contributed by atoms with E-state index in [1.807, 2.05) is 30.3 Å². The molecule has 0 saturated heterocycles. The van der Waals surface area contributed by atoms with Gasteiger partial charge in [-0.05, 0) is 30.3 Å². The van der Waals surface area contributed by atoms with Crippen molar-refractivity contribution in [1.29, 1.82) is 0 Å². The summed E-state index contributed by atoms with van der Waals surface area (Å²) in [4.78, 5) is 40.8. The third kappa shape index (κ3) is 5.63. The summed E-state index contributed by atoms with van der Waals surface area (Å²) in [5.41, 5.74) is 2.83. The summed E-state index contributed by atoms with van der Waals surface area (Å²) in [6, 6.07) is 14.7. The molecule has 0 fully saturated rings. The summed E-state index contributed by atoms with van der Waals surface area (Å²) in [5, 5.41) is 2.22. The second-order valence-corrected chi connectivity index (χ2v) is 7.55. The van der Waals surface area contributed by atoms with Crippen molar-refractivity contribution in [3.63, 3.8) is 0 Å². The molecule has 3 rings (SSSR count). The predicted molar refractivity (Wildman–Crippen MR) is 105 cm³/mol. The lowest BCUT2D eigenvalue weighted by atomic mass is 10.2. The molecular formula is C19H16N2O4S2. The number of amides is 2. The number of esters is 1. The van der Waals surface area contributed by atoms with Gasteiger partial charge in [-0.2, -0.15) is 0 Å². The minimum absolute atomic E-state index is 0.196. The first-order valence-electron chi connectivity index (χ1n) is 8.13. The second kappa shape index (κ2) is 9.29. The van der Waals surface area contributed by atoms with Crippen LogP contribution in [0.15, 0.2) is 58.9 Å². The van der Waals surface area contributed by atoms with E-state index >= 15 is 0 Å². The zero-order chi connectivity index (χ0) is 19.1. The molecule has 0 saturated carbocycles. The molecule has 1 aromatic heterocycles. The predicted octanol–water partition coefficient (Wildman–Crippen LogP) is 3.28. The molecule has 1 heterocycles. The van der Waals surface area contributed by atoms with Crippen LogP contribution in [0.3, 0.4) is 0 Å². The first-order valence-corrected chi connectivity index (χ1v) is 9.99. The molecule has 138 valence electrons. The van der Waals surface area contributed by atoms with Crippen LogP contribution in [0, 0.1) is 0 Å². The van der Waals surface area contributed by atoms with Crippen molar-refractivity contribution < 1.29 is 19.1 Å². The zero-order valence-corrected chi connectivity index (χ0v) is 15.8. The van der Waals surface area contributed by atoms with E-state index in [0.717, 1.165) is 15.1 Å². The number of hydrogen-bond acceptors (Lipinski definition) is 7. The number of ether oxygens (including phenoxy) is 1. The Kier molecular flexibility index (Phi) is 6.56. The highest BCUT2D eigenvalue weighted by atomic mass is 32.2. The van der Waals surface area contributed by atoms with Gasteiger partial charge in [0.15, 0.2) is 6.61 Å². The van der Waals surface area contributed by atoms with Gasteiger partial charge in [-0.3, -0.25) is 14.9 Å². The fraction of sp³-hybridized carbons (Fsp3) is 0.158. The van der Waals surface area contributed by atoms with Crippen LogP contribution in [-0.2, 0) is 14.3 Å². The van der Waals surface area contributed by atoms with Gasteiger partial charge in [0, 0.05) is 17.1 Å². The smallest absolute Gasteiger partial charge is 0.338 e. The van der Waals surface area contributed by atoms with Crippen molar-refractivity contribution in [3.05, 3.63) is 59.6 Å². The number of carbonyl (C=O) groups is 3. The highest BCUT2D eigenvalue weighted by molar-refractivity contribution is 7.99. The van der Waals surface area contributed by atoms with Crippen molar-refractivity contribution in [2.75, 3.05) is 12.4 Å². The van der Waals surface area contributed by atoms with Crippen LogP contribution in [-0.4, -0.2) is 35.1 Å². The number of carbonyl (C=O) groups excluding carboxylic acids is 3. The SMILES string of the molecule is O=C(CCSc1ccccc1)NC(=O)COC(=O)c1ccc2ncsc2c1. The standard InChI is InChI=1S/C19H16N2O4S2/c22-17(8-9-26-14-4-2-1-3-5-14)21-18(23)11-25-19(24)13-6-7-15-16(10-13)27-12-20-15/h1-7,10,12H,8-9,11H2,(H,21,22,23). The molecule has 0 aliphatic rings. The molecule has 1 N–H and O–H groups in total. The van der Waals surface area contributed by atoms with Crippen molar-refractivity contribution in [1.82, 2.24) is 10.3 Å². The summed E-state index contributed by atoms with van der Waals surface area (Å²) in [5.74, 6) is -1.10. The average Bonchev–Trinajstić information content (AvgIpc) is 3.14. The molecule has 0 radical (unpaired) electrons. The quantitative estimate of drug-likeness (QED) is 0.484. The van der Waals surface area contributed by atoms with Crippen LogP contribution in [0.2, 0.25) is 0 Å². The van der Waals surface area contributed by atoms with E-state index in [1.54, 1.807) is 23.7 Å². The number of imide groups is 1. The number of hydrogen-bond donors (Lipinski definition) is 1. The lowest BCUT2D eigenvalue weighted by Crippen LogP contribution is -2.34. The maximum Gasteiger partial charge on any atom is 0.338 e. The summed E-state index contributed by atoms with van der Waals surface area (Å²) < 4.78 is 5.83. The van der Waals surface area contributed by atoms with Gasteiger partial charge in [0.25, 0.3) is 5.91 Å². The topological polar surface area (TPSA) is 85.4 Å². The Morgan fingerprint density at radius 2 is 1.89 bits per heavy atom. The molecule has 0 unspecified atom stereocenters. The molecule has 0 atom stereocenters. The first-order chi connectivity index (χ1) is 13.1. The molecule has 0 aliphatic heterocycles. The molecule has 2 aromatic carbocycles. The number of rotatable bonds is 7. The Morgan fingerprint density at radius 1 is 1.07 bits per heavy atom. The number of benzene rings is 2. The van der Waals surface area contributed by atoms with Crippen molar-refractivity contribution >= 4 is 51.1 Å². The van der Waals surface area contributed by atoms with Gasteiger partial charge >= 0.3 is 5.97 Å². The summed E-state index contributed by atoms with van der Waals surface area (Å²) >= 11 is 2.94. The van der Waals surface area contributed by atoms with Crippen LogP contribution in [0.1, 0.15) is 16.8 Å². The zero-order valence-electron chi connectivity index (χ0n) is 14.2. The Hall–Kier alpha value is -2.71. The number of nitrogens with zero attached hydrogens (tertiary/aromatic N) is 1. The van der Waals surface area contributed by atoms with Gasteiger partial charge in [0.1, 0.15) is 0 Å². The van der Waals surface area contributed by atoms with Gasteiger partial charge in [-0.25, -0.2) is 9.78 Å². The minimum Gasteiger partial charge on any atom is -0.452 e. The lowest BCUT2D eigenvalue weighted by molar-refractivity contribution is -0.132. The van der Waals surface area contributed by atoms with Gasteiger partial charge < -0.3 is 4.74 Å². The normalized spacial score (nSPS) is 10.5. The van der Waals surface area contributed by atoms with Crippen LogP contribution in [0.4, 0.5) is 0 Å². The maximum absolute atomic E-state index is 12.0. The van der Waals surface area contributed by atoms with Crippen molar-refractivity contribution in [3.8, 4) is 0 Å². The number of nitrogens with one attached hydrogen (secondary N) is 1. The van der Waals surface area contributed by atoms with E-state index in [2.05, 4.69) is 10.3 Å². The summed E-state index contributed by atoms with van der Waals surface area (Å²) in [6.45, 7) is -0.503. The number of fused-ring (bicyclic) bond motifs is 1. The van der Waals surface area contributed by atoms with E-state index in [0.29, 0.717) is 11.3 Å². The number of aromatic nitrogens is 1. The number of thiazole rings is 1. The van der Waals surface area contributed by atoms with Gasteiger partial charge in [-0.15, -0.1) is 23.1 Å². The average molecular weight is 400 g/mol. The summed E-state index contributed by atoms with van der Waals surface area (Å²) in [6.07, 6.45) is 0.196. The molecule has 6 nitrogen and oxygen atoms in total. The van der Waals surface area contributed by atoms with E-state index in [9.17, 15) is 14.4 Å². The lowest BCUT2D eigenvalue weighted by Gasteiger charge is -2.06. The van der Waals surface area contributed by atoms with Gasteiger partial charge in [0.05, 0.1) is 21.3 Å². The van der Waals surface area contributed by atoms with Crippen LogP contribution >= 0.6 is 23.1 Å². The van der Waals surface area contributed by atoms with Gasteiger partial charge in [0.2, 0.25) is 5.91 Å². The maximum atomic E-state index is 12.0.